The van der Waals surface area contributed by atoms with Gasteiger partial charge in [0.15, 0.2) is 0 Å². The molecule has 2 N–H and O–H groups in total. The Bertz CT molecular complexity index is 1110. The van der Waals surface area contributed by atoms with E-state index >= 15 is 0 Å². The number of hydrogen-bond acceptors (Lipinski definition) is 9. The molecule has 29 heavy (non-hydrogen) atoms. The van der Waals surface area contributed by atoms with Gasteiger partial charge in [-0.1, -0.05) is 11.3 Å². The number of hydrogen-bond donors (Lipinski definition) is 1. The zero-order valence-electron chi connectivity index (χ0n) is 15.6. The molecule has 4 aromatic rings. The number of methoxy groups -OCH3 is 1. The Morgan fingerprint density at radius 1 is 1.17 bits per heavy atom. The van der Waals surface area contributed by atoms with E-state index in [0.29, 0.717) is 39.2 Å². The van der Waals surface area contributed by atoms with Crippen LogP contribution in [0.2, 0.25) is 0 Å². The molecule has 0 amide bonds. The molecule has 1 atom stereocenters. The third-order valence-corrected chi connectivity index (χ3v) is 7.30. The van der Waals surface area contributed by atoms with Crippen molar-refractivity contribution in [1.82, 2.24) is 25.1 Å². The van der Waals surface area contributed by atoms with E-state index in [9.17, 15) is 4.55 Å². The minimum absolute atomic E-state index is 0.483. The van der Waals surface area contributed by atoms with Gasteiger partial charge >= 0.3 is 0 Å². The lowest BCUT2D eigenvalue weighted by atomic mass is 10.0. The SMILES string of the molecule is COCCC[S+]([O-])c1sc2nc(-c3cncnc3)cc(-c3ccnnc3)c2c1N. The van der Waals surface area contributed by atoms with Crippen LogP contribution < -0.4 is 5.73 Å². The van der Waals surface area contributed by atoms with Gasteiger partial charge in [0.1, 0.15) is 22.6 Å². The molecule has 0 saturated heterocycles. The van der Waals surface area contributed by atoms with E-state index < -0.39 is 11.2 Å². The molecule has 148 valence electrons. The number of fused-ring (bicyclic) bond motifs is 1. The first-order valence-corrected chi connectivity index (χ1v) is 11.0. The lowest BCUT2D eigenvalue weighted by molar-refractivity contribution is 0.199. The van der Waals surface area contributed by atoms with Gasteiger partial charge in [0, 0.05) is 42.4 Å². The quantitative estimate of drug-likeness (QED) is 0.353. The highest BCUT2D eigenvalue weighted by Crippen LogP contribution is 2.43. The zero-order valence-corrected chi connectivity index (χ0v) is 17.2. The fourth-order valence-corrected chi connectivity index (χ4v) is 5.58. The molecule has 4 aromatic heterocycles. The van der Waals surface area contributed by atoms with Crippen LogP contribution in [0.4, 0.5) is 5.69 Å². The zero-order chi connectivity index (χ0) is 20.2. The molecule has 0 aliphatic rings. The van der Waals surface area contributed by atoms with Crippen molar-refractivity contribution in [2.24, 2.45) is 0 Å². The summed E-state index contributed by atoms with van der Waals surface area (Å²) in [4.78, 5) is 13.6. The summed E-state index contributed by atoms with van der Waals surface area (Å²) in [6.45, 7) is 0.556. The van der Waals surface area contributed by atoms with Crippen molar-refractivity contribution in [1.29, 1.82) is 0 Å². The lowest BCUT2D eigenvalue weighted by Crippen LogP contribution is -2.09. The molecule has 10 heteroatoms. The smallest absolute Gasteiger partial charge is 0.232 e. The lowest BCUT2D eigenvalue weighted by Gasteiger charge is -2.09. The summed E-state index contributed by atoms with van der Waals surface area (Å²) in [5.41, 5.74) is 10.2. The van der Waals surface area contributed by atoms with E-state index in [2.05, 4.69) is 20.2 Å². The van der Waals surface area contributed by atoms with Crippen molar-refractivity contribution in [3.63, 3.8) is 0 Å². The van der Waals surface area contributed by atoms with Crippen LogP contribution in [0.25, 0.3) is 32.6 Å². The van der Waals surface area contributed by atoms with Crippen LogP contribution in [0.1, 0.15) is 6.42 Å². The van der Waals surface area contributed by atoms with Crippen molar-refractivity contribution in [3.05, 3.63) is 43.2 Å². The normalized spacial score (nSPS) is 12.3. The van der Waals surface area contributed by atoms with Crippen LogP contribution in [0, 0.1) is 0 Å². The van der Waals surface area contributed by atoms with Crippen LogP contribution in [0.3, 0.4) is 0 Å². The largest absolute Gasteiger partial charge is 0.611 e. The maximum absolute atomic E-state index is 12.8. The van der Waals surface area contributed by atoms with Gasteiger partial charge in [0.05, 0.1) is 24.7 Å². The Hall–Kier alpha value is -2.66. The summed E-state index contributed by atoms with van der Waals surface area (Å²) in [5, 5.41) is 8.62. The fourth-order valence-electron chi connectivity index (χ4n) is 2.95. The summed E-state index contributed by atoms with van der Waals surface area (Å²) >= 11 is 0.130. The predicted molar refractivity (Wildman–Crippen MR) is 114 cm³/mol. The average Bonchev–Trinajstić information content (AvgIpc) is 3.11. The van der Waals surface area contributed by atoms with Crippen molar-refractivity contribution < 1.29 is 9.29 Å². The third kappa shape index (κ3) is 4.06. The van der Waals surface area contributed by atoms with Gasteiger partial charge in [-0.3, -0.25) is 0 Å². The third-order valence-electron chi connectivity index (χ3n) is 4.30. The monoisotopic (exact) mass is 426 g/mol. The van der Waals surface area contributed by atoms with E-state index in [0.717, 1.165) is 22.1 Å². The van der Waals surface area contributed by atoms with Crippen molar-refractivity contribution in [2.75, 3.05) is 25.2 Å². The second kappa shape index (κ2) is 8.78. The number of anilines is 1. The number of aromatic nitrogens is 5. The Balaban J connectivity index is 1.88. The van der Waals surface area contributed by atoms with Crippen LogP contribution in [-0.4, -0.2) is 49.2 Å². The average molecular weight is 427 g/mol. The summed E-state index contributed by atoms with van der Waals surface area (Å²) < 4.78 is 18.5. The maximum atomic E-state index is 12.8. The van der Waals surface area contributed by atoms with Gasteiger partial charge in [0.2, 0.25) is 4.21 Å². The summed E-state index contributed by atoms with van der Waals surface area (Å²) in [6, 6.07) is 3.79. The number of nitrogen functional groups attached to an aromatic ring is 1. The van der Waals surface area contributed by atoms with Crippen molar-refractivity contribution in [2.45, 2.75) is 10.6 Å². The van der Waals surface area contributed by atoms with Gasteiger partial charge < -0.3 is 15.0 Å². The van der Waals surface area contributed by atoms with E-state index in [1.807, 2.05) is 12.1 Å². The van der Waals surface area contributed by atoms with Crippen LogP contribution in [0.15, 0.2) is 47.5 Å². The van der Waals surface area contributed by atoms with Gasteiger partial charge in [-0.25, -0.2) is 15.0 Å². The number of ether oxygens (including phenoxy) is 1. The van der Waals surface area contributed by atoms with Crippen molar-refractivity contribution in [3.8, 4) is 22.4 Å². The number of nitrogens with two attached hydrogens (primary N) is 1. The molecule has 0 aromatic carbocycles. The van der Waals surface area contributed by atoms with E-state index in [-0.39, 0.29) is 0 Å². The first kappa shape index (κ1) is 19.6. The number of nitrogens with zero attached hydrogens (tertiary/aromatic N) is 5. The highest BCUT2D eigenvalue weighted by molar-refractivity contribution is 7.93. The molecule has 0 fully saturated rings. The fraction of sp³-hybridized carbons (Fsp3) is 0.211. The summed E-state index contributed by atoms with van der Waals surface area (Å²) in [7, 11) is 1.63. The number of pyridine rings is 1. The minimum Gasteiger partial charge on any atom is -0.611 e. The molecule has 4 rings (SSSR count). The van der Waals surface area contributed by atoms with Gasteiger partial charge in [-0.2, -0.15) is 10.2 Å². The molecule has 0 aliphatic heterocycles. The number of rotatable bonds is 7. The highest BCUT2D eigenvalue weighted by atomic mass is 32.2. The van der Waals surface area contributed by atoms with E-state index in [4.69, 9.17) is 15.5 Å². The number of thiophene rings is 1. The molecule has 0 radical (unpaired) electrons. The molecule has 4 heterocycles. The molecule has 1 unspecified atom stereocenters. The minimum atomic E-state index is -1.22. The molecular weight excluding hydrogens is 408 g/mol. The second-order valence-corrected chi connectivity index (χ2v) is 8.96. The second-order valence-electron chi connectivity index (χ2n) is 6.19. The molecule has 0 saturated carbocycles. The van der Waals surface area contributed by atoms with Crippen molar-refractivity contribution >= 4 is 38.4 Å². The van der Waals surface area contributed by atoms with E-state index in [1.54, 1.807) is 31.9 Å². The van der Waals surface area contributed by atoms with Crippen LogP contribution >= 0.6 is 11.3 Å². The summed E-state index contributed by atoms with van der Waals surface area (Å²) in [6.07, 6.45) is 8.87. The van der Waals surface area contributed by atoms with Gasteiger partial charge in [-0.05, 0) is 28.9 Å². The summed E-state index contributed by atoms with van der Waals surface area (Å²) in [5.74, 6) is 0.483. The predicted octanol–water partition coefficient (Wildman–Crippen LogP) is 2.94. The Labute approximate surface area is 174 Å². The molecular formula is C19H18N6O2S2. The Morgan fingerprint density at radius 3 is 2.72 bits per heavy atom. The standard InChI is InChI=1S/C19H18N6O2S2/c1-27-5-2-6-29(26)19-17(20)16-14(12-3-4-23-24-10-12)7-15(25-18(16)28-19)13-8-21-11-22-9-13/h3-4,7-11H,2,5-6,20H2,1H3. The topological polar surface area (TPSA) is 123 Å². The molecule has 8 nitrogen and oxygen atoms in total. The van der Waals surface area contributed by atoms with Gasteiger partial charge in [0.25, 0.3) is 0 Å². The van der Waals surface area contributed by atoms with Crippen LogP contribution in [0.5, 0.6) is 0 Å². The molecule has 0 aliphatic carbocycles. The first-order valence-electron chi connectivity index (χ1n) is 8.82. The Morgan fingerprint density at radius 2 is 2.00 bits per heavy atom. The molecule has 0 spiro atoms. The highest BCUT2D eigenvalue weighted by Gasteiger charge is 2.25. The first-order chi connectivity index (χ1) is 14.2. The van der Waals surface area contributed by atoms with Gasteiger partial charge in [-0.15, -0.1) is 0 Å². The maximum Gasteiger partial charge on any atom is 0.232 e. The van der Waals surface area contributed by atoms with E-state index in [1.165, 1.54) is 17.7 Å². The Kier molecular flexibility index (Phi) is 5.95. The van der Waals surface area contributed by atoms with Crippen LogP contribution in [-0.2, 0) is 15.9 Å². The molecule has 0 bridgehead atoms.